The second kappa shape index (κ2) is 7.50. The van der Waals surface area contributed by atoms with Crippen LogP contribution in [0.2, 0.25) is 0 Å². The molecule has 1 heteroatoms. The van der Waals surface area contributed by atoms with E-state index in [0.29, 0.717) is 6.04 Å². The molecule has 17 heavy (non-hydrogen) atoms. The van der Waals surface area contributed by atoms with E-state index in [4.69, 9.17) is 5.73 Å². The molecule has 1 aromatic rings. The van der Waals surface area contributed by atoms with E-state index < -0.39 is 0 Å². The van der Waals surface area contributed by atoms with Crippen molar-refractivity contribution in [2.45, 2.75) is 58.9 Å². The molecule has 0 bridgehead atoms. The van der Waals surface area contributed by atoms with E-state index in [1.807, 2.05) is 0 Å². The van der Waals surface area contributed by atoms with Gasteiger partial charge in [0.1, 0.15) is 0 Å². The zero-order valence-electron chi connectivity index (χ0n) is 11.6. The van der Waals surface area contributed by atoms with Crippen LogP contribution in [0.5, 0.6) is 0 Å². The molecule has 0 aliphatic carbocycles. The van der Waals surface area contributed by atoms with Crippen molar-refractivity contribution in [2.75, 3.05) is 0 Å². The molecule has 0 heterocycles. The van der Waals surface area contributed by atoms with Crippen molar-refractivity contribution in [3.05, 3.63) is 35.4 Å². The summed E-state index contributed by atoms with van der Waals surface area (Å²) in [6, 6.07) is 9.12. The van der Waals surface area contributed by atoms with E-state index in [0.717, 1.165) is 18.8 Å². The van der Waals surface area contributed by atoms with Gasteiger partial charge in [0.25, 0.3) is 0 Å². The molecule has 96 valence electrons. The Labute approximate surface area is 106 Å². The Balaban J connectivity index is 2.35. The summed E-state index contributed by atoms with van der Waals surface area (Å²) in [5.74, 6) is 0.808. The number of nitrogens with two attached hydrogens (primary N) is 1. The van der Waals surface area contributed by atoms with Crippen molar-refractivity contribution >= 4 is 0 Å². The molecule has 0 saturated heterocycles. The summed E-state index contributed by atoms with van der Waals surface area (Å²) >= 11 is 0. The largest absolute Gasteiger partial charge is 0.328 e. The maximum absolute atomic E-state index is 6.21. The molecule has 1 atom stereocenters. The molecule has 0 fully saturated rings. The van der Waals surface area contributed by atoms with Crippen molar-refractivity contribution in [3.63, 3.8) is 0 Å². The molecule has 1 nitrogen and oxygen atoms in total. The molecular weight excluding hydrogens is 206 g/mol. The molecule has 1 aromatic carbocycles. The van der Waals surface area contributed by atoms with Crippen LogP contribution in [0.3, 0.4) is 0 Å². The molecule has 0 aliphatic rings. The topological polar surface area (TPSA) is 26.0 Å². The van der Waals surface area contributed by atoms with Crippen LogP contribution in [-0.4, -0.2) is 6.04 Å². The van der Waals surface area contributed by atoms with Crippen molar-refractivity contribution in [3.8, 4) is 0 Å². The highest BCUT2D eigenvalue weighted by Crippen LogP contribution is 2.17. The van der Waals surface area contributed by atoms with E-state index in [9.17, 15) is 0 Å². The van der Waals surface area contributed by atoms with Crippen LogP contribution in [0.25, 0.3) is 0 Å². The Morgan fingerprint density at radius 1 is 1.18 bits per heavy atom. The van der Waals surface area contributed by atoms with Gasteiger partial charge in [0.15, 0.2) is 0 Å². The first-order valence-electron chi connectivity index (χ1n) is 6.96. The number of benzene rings is 1. The van der Waals surface area contributed by atoms with Crippen LogP contribution in [0.15, 0.2) is 24.3 Å². The maximum atomic E-state index is 6.21. The first-order valence-corrected chi connectivity index (χ1v) is 6.96. The Hall–Kier alpha value is -0.820. The summed E-state index contributed by atoms with van der Waals surface area (Å²) < 4.78 is 0. The van der Waals surface area contributed by atoms with Crippen LogP contribution < -0.4 is 5.73 Å². The number of hydrogen-bond acceptors (Lipinski definition) is 1. The minimum Gasteiger partial charge on any atom is -0.328 e. The van der Waals surface area contributed by atoms with Crippen LogP contribution in [0, 0.1) is 12.8 Å². The van der Waals surface area contributed by atoms with Crippen LogP contribution in [0.4, 0.5) is 0 Å². The lowest BCUT2D eigenvalue weighted by Gasteiger charge is -2.18. The zero-order chi connectivity index (χ0) is 12.7. The first-order chi connectivity index (χ1) is 8.15. The lowest BCUT2D eigenvalue weighted by atomic mass is 9.92. The van der Waals surface area contributed by atoms with E-state index in [2.05, 4.69) is 45.0 Å². The highest BCUT2D eigenvalue weighted by Gasteiger charge is 2.10. The molecule has 0 aromatic heterocycles. The average Bonchev–Trinajstić information content (AvgIpc) is 2.33. The van der Waals surface area contributed by atoms with Crippen molar-refractivity contribution in [1.29, 1.82) is 0 Å². The fourth-order valence-corrected chi connectivity index (χ4v) is 2.39. The monoisotopic (exact) mass is 233 g/mol. The lowest BCUT2D eigenvalue weighted by Crippen LogP contribution is -2.24. The second-order valence-electron chi connectivity index (χ2n) is 5.21. The predicted octanol–water partition coefficient (Wildman–Crippen LogP) is 4.08. The maximum Gasteiger partial charge on any atom is 0.00446 e. The number of aryl methyl sites for hydroxylation is 2. The first kappa shape index (κ1) is 14.2. The second-order valence-corrected chi connectivity index (χ2v) is 5.21. The van der Waals surface area contributed by atoms with E-state index >= 15 is 0 Å². The summed E-state index contributed by atoms with van der Waals surface area (Å²) in [5.41, 5.74) is 8.98. The van der Waals surface area contributed by atoms with Gasteiger partial charge in [-0.15, -0.1) is 0 Å². The molecule has 0 spiro atoms. The van der Waals surface area contributed by atoms with Gasteiger partial charge in [-0.05, 0) is 37.7 Å². The van der Waals surface area contributed by atoms with Gasteiger partial charge in [0.05, 0.1) is 0 Å². The molecule has 1 rings (SSSR count). The van der Waals surface area contributed by atoms with Gasteiger partial charge in [0.2, 0.25) is 0 Å². The summed E-state index contributed by atoms with van der Waals surface area (Å²) in [6.45, 7) is 6.68. The molecule has 0 amide bonds. The molecule has 0 aliphatic heterocycles. The number of rotatable bonds is 7. The van der Waals surface area contributed by atoms with E-state index in [1.54, 1.807) is 0 Å². The summed E-state index contributed by atoms with van der Waals surface area (Å²) in [6.07, 6.45) is 5.92. The van der Waals surface area contributed by atoms with Gasteiger partial charge in [-0.2, -0.15) is 0 Å². The van der Waals surface area contributed by atoms with Gasteiger partial charge in [-0.25, -0.2) is 0 Å². The number of hydrogen-bond donors (Lipinski definition) is 1. The highest BCUT2D eigenvalue weighted by molar-refractivity contribution is 5.22. The molecule has 0 radical (unpaired) electrons. The SMILES string of the molecule is CCC(CC)CC(N)CCc1cccc(C)c1. The van der Waals surface area contributed by atoms with Crippen molar-refractivity contribution in [1.82, 2.24) is 0 Å². The van der Waals surface area contributed by atoms with Gasteiger partial charge >= 0.3 is 0 Å². The zero-order valence-corrected chi connectivity index (χ0v) is 11.6. The van der Waals surface area contributed by atoms with Crippen LogP contribution in [0.1, 0.15) is 50.7 Å². The fraction of sp³-hybridized carbons (Fsp3) is 0.625. The summed E-state index contributed by atoms with van der Waals surface area (Å²) in [5, 5.41) is 0. The normalized spacial score (nSPS) is 13.0. The standard InChI is InChI=1S/C16H27N/c1-4-14(5-2)12-16(17)10-9-15-8-6-7-13(3)11-15/h6-8,11,14,16H,4-5,9-10,12,17H2,1-3H3. The third-order valence-corrected chi connectivity index (χ3v) is 3.68. The van der Waals surface area contributed by atoms with Gasteiger partial charge in [-0.3, -0.25) is 0 Å². The summed E-state index contributed by atoms with van der Waals surface area (Å²) in [4.78, 5) is 0. The third kappa shape index (κ3) is 5.36. The molecule has 1 unspecified atom stereocenters. The Kier molecular flexibility index (Phi) is 6.28. The van der Waals surface area contributed by atoms with Crippen LogP contribution >= 0.6 is 0 Å². The lowest BCUT2D eigenvalue weighted by molar-refractivity contribution is 0.397. The van der Waals surface area contributed by atoms with E-state index in [1.165, 1.54) is 30.4 Å². The van der Waals surface area contributed by atoms with Gasteiger partial charge < -0.3 is 5.73 Å². The average molecular weight is 233 g/mol. The predicted molar refractivity (Wildman–Crippen MR) is 76.2 cm³/mol. The minimum absolute atomic E-state index is 0.361. The third-order valence-electron chi connectivity index (χ3n) is 3.68. The van der Waals surface area contributed by atoms with Gasteiger partial charge in [0, 0.05) is 6.04 Å². The van der Waals surface area contributed by atoms with Crippen LogP contribution in [-0.2, 0) is 6.42 Å². The summed E-state index contributed by atoms with van der Waals surface area (Å²) in [7, 11) is 0. The minimum atomic E-state index is 0.361. The molecular formula is C16H27N. The Bertz CT molecular complexity index is 315. The Morgan fingerprint density at radius 3 is 2.47 bits per heavy atom. The fourth-order valence-electron chi connectivity index (χ4n) is 2.39. The van der Waals surface area contributed by atoms with Crippen molar-refractivity contribution in [2.24, 2.45) is 11.7 Å². The Morgan fingerprint density at radius 2 is 1.88 bits per heavy atom. The molecule has 2 N–H and O–H groups in total. The highest BCUT2D eigenvalue weighted by atomic mass is 14.6. The van der Waals surface area contributed by atoms with Gasteiger partial charge in [-0.1, -0.05) is 56.5 Å². The molecule has 0 saturated carbocycles. The quantitative estimate of drug-likeness (QED) is 0.754. The van der Waals surface area contributed by atoms with Crippen molar-refractivity contribution < 1.29 is 0 Å². The van der Waals surface area contributed by atoms with E-state index in [-0.39, 0.29) is 0 Å². The smallest absolute Gasteiger partial charge is 0.00446 e.